The van der Waals surface area contributed by atoms with Gasteiger partial charge in [0.2, 0.25) is 0 Å². The highest BCUT2D eigenvalue weighted by Crippen LogP contribution is 2.23. The zero-order valence-corrected chi connectivity index (χ0v) is 8.77. The predicted molar refractivity (Wildman–Crippen MR) is 67.1 cm³/mol. The van der Waals surface area contributed by atoms with Gasteiger partial charge in [-0.2, -0.15) is 0 Å². The molecule has 0 aliphatic rings. The monoisotopic (exact) mass is 202 g/mol. The summed E-state index contributed by atoms with van der Waals surface area (Å²) in [4.78, 5) is 0. The molecule has 0 saturated heterocycles. The predicted octanol–water partition coefficient (Wildman–Crippen LogP) is 4.11. The minimum Gasteiger partial charge on any atom is -0.0610 e. The van der Waals surface area contributed by atoms with E-state index in [1.165, 1.54) is 21.9 Å². The Hall–Kier alpha value is -2.08. The van der Waals surface area contributed by atoms with Crippen molar-refractivity contribution >= 4 is 10.8 Å². The second-order valence-corrected chi connectivity index (χ2v) is 3.78. The van der Waals surface area contributed by atoms with Gasteiger partial charge < -0.3 is 0 Å². The summed E-state index contributed by atoms with van der Waals surface area (Å²) in [7, 11) is 0. The molecular formula is C16H10. The lowest BCUT2D eigenvalue weighted by Crippen LogP contribution is -1.78. The number of benzene rings is 3. The summed E-state index contributed by atoms with van der Waals surface area (Å²) in [5.74, 6) is 0. The number of rotatable bonds is 1. The molecule has 0 spiro atoms. The molecule has 2 radical (unpaired) electrons. The van der Waals surface area contributed by atoms with E-state index in [-0.39, 0.29) is 0 Å². The molecule has 0 amide bonds. The lowest BCUT2D eigenvalue weighted by molar-refractivity contribution is 1.63. The van der Waals surface area contributed by atoms with Gasteiger partial charge in [-0.25, -0.2) is 0 Å². The van der Waals surface area contributed by atoms with Crippen molar-refractivity contribution in [3.05, 3.63) is 72.8 Å². The van der Waals surface area contributed by atoms with E-state index in [1.807, 2.05) is 30.3 Å². The first kappa shape index (κ1) is 9.17. The zero-order valence-electron chi connectivity index (χ0n) is 8.77. The van der Waals surface area contributed by atoms with Crippen molar-refractivity contribution in [2.24, 2.45) is 0 Å². The van der Waals surface area contributed by atoms with Crippen molar-refractivity contribution in [3.8, 4) is 11.1 Å². The molecule has 74 valence electrons. The van der Waals surface area contributed by atoms with E-state index in [9.17, 15) is 0 Å². The first-order chi connectivity index (χ1) is 7.93. The molecule has 0 fully saturated rings. The maximum absolute atomic E-state index is 3.10. The first-order valence-corrected chi connectivity index (χ1v) is 5.30. The smallest absolute Gasteiger partial charge is 0.0177 e. The minimum atomic E-state index is 1.21. The van der Waals surface area contributed by atoms with Crippen molar-refractivity contribution in [3.63, 3.8) is 0 Å². The quantitative estimate of drug-likeness (QED) is 0.557. The summed E-state index contributed by atoms with van der Waals surface area (Å²) in [6.45, 7) is 0. The summed E-state index contributed by atoms with van der Waals surface area (Å²) in [6.07, 6.45) is 0. The van der Waals surface area contributed by atoms with Crippen LogP contribution in [0.15, 0.2) is 60.7 Å². The Morgan fingerprint density at radius 3 is 2.50 bits per heavy atom. The fourth-order valence-electron chi connectivity index (χ4n) is 1.88. The van der Waals surface area contributed by atoms with Crippen molar-refractivity contribution in [2.45, 2.75) is 0 Å². The number of hydrogen-bond donors (Lipinski definition) is 0. The Kier molecular flexibility index (Phi) is 2.19. The standard InChI is InChI=1S/C16H10/c1-2-6-13(7-3-1)16-11-10-14-8-4-5-9-15(14)12-16/h1-2,5-12H. The lowest BCUT2D eigenvalue weighted by atomic mass is 10.0. The third-order valence-corrected chi connectivity index (χ3v) is 2.73. The highest BCUT2D eigenvalue weighted by molar-refractivity contribution is 5.87. The van der Waals surface area contributed by atoms with Gasteiger partial charge in [-0.1, -0.05) is 42.5 Å². The highest BCUT2D eigenvalue weighted by Gasteiger charge is 1.98. The minimum absolute atomic E-state index is 1.21. The number of fused-ring (bicyclic) bond motifs is 1. The van der Waals surface area contributed by atoms with Crippen molar-refractivity contribution in [1.29, 1.82) is 0 Å². The molecule has 0 heterocycles. The highest BCUT2D eigenvalue weighted by atomic mass is 14.0. The van der Waals surface area contributed by atoms with Gasteiger partial charge in [0, 0.05) is 0 Å². The third-order valence-electron chi connectivity index (χ3n) is 2.73. The summed E-state index contributed by atoms with van der Waals surface area (Å²) in [6, 6.07) is 26.8. The van der Waals surface area contributed by atoms with Crippen molar-refractivity contribution in [2.75, 3.05) is 0 Å². The Bertz CT molecular complexity index is 609. The molecular weight excluding hydrogens is 192 g/mol. The summed E-state index contributed by atoms with van der Waals surface area (Å²) in [5, 5.41) is 2.48. The average molecular weight is 202 g/mol. The second-order valence-electron chi connectivity index (χ2n) is 3.78. The van der Waals surface area contributed by atoms with Crippen LogP contribution in [0.25, 0.3) is 21.9 Å². The van der Waals surface area contributed by atoms with Gasteiger partial charge in [-0.05, 0) is 52.2 Å². The van der Waals surface area contributed by atoms with E-state index in [4.69, 9.17) is 0 Å². The second kappa shape index (κ2) is 3.82. The van der Waals surface area contributed by atoms with Gasteiger partial charge in [0.15, 0.2) is 0 Å². The molecule has 0 aliphatic heterocycles. The van der Waals surface area contributed by atoms with Gasteiger partial charge in [-0.3, -0.25) is 0 Å². The molecule has 3 aromatic carbocycles. The Morgan fingerprint density at radius 2 is 1.62 bits per heavy atom. The van der Waals surface area contributed by atoms with Gasteiger partial charge in [-0.15, -0.1) is 0 Å². The summed E-state index contributed by atoms with van der Waals surface area (Å²) >= 11 is 0. The lowest BCUT2D eigenvalue weighted by Gasteiger charge is -2.03. The first-order valence-electron chi connectivity index (χ1n) is 5.30. The fraction of sp³-hybridized carbons (Fsp3) is 0. The van der Waals surface area contributed by atoms with Crippen LogP contribution in [0, 0.1) is 12.1 Å². The molecule has 0 atom stereocenters. The van der Waals surface area contributed by atoms with Gasteiger partial charge >= 0.3 is 0 Å². The van der Waals surface area contributed by atoms with Crippen molar-refractivity contribution in [1.82, 2.24) is 0 Å². The van der Waals surface area contributed by atoms with E-state index >= 15 is 0 Å². The van der Waals surface area contributed by atoms with E-state index in [1.54, 1.807) is 0 Å². The van der Waals surface area contributed by atoms with E-state index < -0.39 is 0 Å². The average Bonchev–Trinajstić information content (AvgIpc) is 2.39. The zero-order chi connectivity index (χ0) is 10.8. The molecule has 16 heavy (non-hydrogen) atoms. The van der Waals surface area contributed by atoms with Crippen LogP contribution in [0.5, 0.6) is 0 Å². The normalized spacial score (nSPS) is 10.5. The molecule has 0 aliphatic carbocycles. The maximum Gasteiger partial charge on any atom is -0.0177 e. The van der Waals surface area contributed by atoms with Crippen LogP contribution in [-0.2, 0) is 0 Å². The van der Waals surface area contributed by atoms with Crippen molar-refractivity contribution < 1.29 is 0 Å². The molecule has 3 aromatic rings. The van der Waals surface area contributed by atoms with Crippen LogP contribution in [0.4, 0.5) is 0 Å². The molecule has 0 nitrogen and oxygen atoms in total. The fourth-order valence-corrected chi connectivity index (χ4v) is 1.88. The number of hydrogen-bond acceptors (Lipinski definition) is 0. The van der Waals surface area contributed by atoms with Gasteiger partial charge in [0.25, 0.3) is 0 Å². The Balaban J connectivity index is 2.19. The topological polar surface area (TPSA) is 0 Å². The van der Waals surface area contributed by atoms with E-state index in [0.29, 0.717) is 0 Å². The Labute approximate surface area is 95.2 Å². The van der Waals surface area contributed by atoms with Crippen LogP contribution < -0.4 is 0 Å². The van der Waals surface area contributed by atoms with Gasteiger partial charge in [0.05, 0.1) is 0 Å². The molecule has 0 bridgehead atoms. The largest absolute Gasteiger partial charge is 0.0610 e. The molecule has 0 aromatic heterocycles. The summed E-state index contributed by atoms with van der Waals surface area (Å²) in [5.41, 5.74) is 2.44. The molecule has 0 N–H and O–H groups in total. The third kappa shape index (κ3) is 1.59. The Morgan fingerprint density at radius 1 is 0.688 bits per heavy atom. The molecule has 0 heteroatoms. The molecule has 0 unspecified atom stereocenters. The van der Waals surface area contributed by atoms with Crippen LogP contribution >= 0.6 is 0 Å². The molecule has 3 rings (SSSR count). The SMILES string of the molecule is [c]1cccc(-c2ccc3c[c]ccc3c2)c1. The van der Waals surface area contributed by atoms with Crippen LogP contribution in [0.3, 0.4) is 0 Å². The van der Waals surface area contributed by atoms with Crippen LogP contribution in [-0.4, -0.2) is 0 Å². The molecule has 0 saturated carbocycles. The van der Waals surface area contributed by atoms with E-state index in [0.717, 1.165) is 0 Å². The summed E-state index contributed by atoms with van der Waals surface area (Å²) < 4.78 is 0. The van der Waals surface area contributed by atoms with Gasteiger partial charge in [0.1, 0.15) is 0 Å². The van der Waals surface area contributed by atoms with Crippen LogP contribution in [0.1, 0.15) is 0 Å². The van der Waals surface area contributed by atoms with E-state index in [2.05, 4.69) is 42.5 Å². The van der Waals surface area contributed by atoms with Crippen LogP contribution in [0.2, 0.25) is 0 Å². The maximum atomic E-state index is 3.10.